The number of carbonyl (C=O) groups excluding carboxylic acids is 1. The quantitative estimate of drug-likeness (QED) is 0.807. The maximum Gasteiger partial charge on any atom is 0.220 e. The molecule has 2 saturated heterocycles. The zero-order chi connectivity index (χ0) is 17.7. The number of hydrogen-bond donors (Lipinski definition) is 1. The molecule has 0 spiro atoms. The summed E-state index contributed by atoms with van der Waals surface area (Å²) in [6.45, 7) is 14.1. The molecule has 0 aromatic rings. The van der Waals surface area contributed by atoms with Crippen molar-refractivity contribution in [3.8, 4) is 0 Å². The van der Waals surface area contributed by atoms with Gasteiger partial charge in [0.15, 0.2) is 0 Å². The first-order valence-electron chi connectivity index (χ1n) is 9.59. The molecule has 0 radical (unpaired) electrons. The Kier molecular flexibility index (Phi) is 7.08. The Morgan fingerprint density at radius 1 is 1.25 bits per heavy atom. The van der Waals surface area contributed by atoms with Crippen molar-refractivity contribution in [1.29, 1.82) is 0 Å². The molecule has 0 bridgehead atoms. The molecule has 2 rings (SSSR count). The molecule has 24 heavy (non-hydrogen) atoms. The fourth-order valence-electron chi connectivity index (χ4n) is 3.86. The fraction of sp³-hybridized carbons (Fsp3) is 0.947. The molecule has 4 unspecified atom stereocenters. The van der Waals surface area contributed by atoms with Crippen molar-refractivity contribution >= 4 is 5.91 Å². The van der Waals surface area contributed by atoms with Crippen LogP contribution in [0.5, 0.6) is 0 Å². The number of carbonyl (C=O) groups is 1. The van der Waals surface area contributed by atoms with Crippen LogP contribution in [0.1, 0.15) is 60.3 Å². The second-order valence-corrected chi connectivity index (χ2v) is 8.25. The highest BCUT2D eigenvalue weighted by Crippen LogP contribution is 2.25. The SMILES string of the molecule is CCC1CC(CC(=O)NCC(C)(C)N2CC(C)OC(C)C2)CCO1. The smallest absolute Gasteiger partial charge is 0.220 e. The minimum atomic E-state index is -0.0520. The van der Waals surface area contributed by atoms with Gasteiger partial charge in [-0.05, 0) is 52.9 Å². The summed E-state index contributed by atoms with van der Waals surface area (Å²) in [6, 6.07) is 0. The van der Waals surface area contributed by atoms with Crippen molar-refractivity contribution in [1.82, 2.24) is 10.2 Å². The number of hydrogen-bond acceptors (Lipinski definition) is 4. The van der Waals surface area contributed by atoms with E-state index in [-0.39, 0.29) is 23.7 Å². The van der Waals surface area contributed by atoms with E-state index >= 15 is 0 Å². The molecule has 0 aromatic heterocycles. The van der Waals surface area contributed by atoms with E-state index in [9.17, 15) is 4.79 Å². The lowest BCUT2D eigenvalue weighted by molar-refractivity contribution is -0.125. The summed E-state index contributed by atoms with van der Waals surface area (Å²) in [5.74, 6) is 0.648. The zero-order valence-electron chi connectivity index (χ0n) is 16.1. The van der Waals surface area contributed by atoms with Gasteiger partial charge in [0.25, 0.3) is 0 Å². The molecule has 5 heteroatoms. The van der Waals surface area contributed by atoms with Crippen molar-refractivity contribution in [2.75, 3.05) is 26.2 Å². The first-order valence-corrected chi connectivity index (χ1v) is 9.59. The van der Waals surface area contributed by atoms with Crippen molar-refractivity contribution < 1.29 is 14.3 Å². The van der Waals surface area contributed by atoms with E-state index in [4.69, 9.17) is 9.47 Å². The van der Waals surface area contributed by atoms with Crippen molar-refractivity contribution in [3.05, 3.63) is 0 Å². The number of ether oxygens (including phenoxy) is 2. The molecule has 2 fully saturated rings. The van der Waals surface area contributed by atoms with Gasteiger partial charge in [0, 0.05) is 38.2 Å². The first kappa shape index (κ1) is 19.7. The van der Waals surface area contributed by atoms with E-state index in [1.807, 2.05) is 0 Å². The van der Waals surface area contributed by atoms with Crippen molar-refractivity contribution in [2.45, 2.75) is 84.2 Å². The van der Waals surface area contributed by atoms with E-state index in [1.54, 1.807) is 0 Å². The van der Waals surface area contributed by atoms with E-state index in [0.717, 1.165) is 39.0 Å². The Morgan fingerprint density at radius 2 is 1.92 bits per heavy atom. The summed E-state index contributed by atoms with van der Waals surface area (Å²) in [5, 5.41) is 3.17. The van der Waals surface area contributed by atoms with Crippen LogP contribution in [0.3, 0.4) is 0 Å². The van der Waals surface area contributed by atoms with Gasteiger partial charge in [0.1, 0.15) is 0 Å². The van der Waals surface area contributed by atoms with Crippen molar-refractivity contribution in [3.63, 3.8) is 0 Å². The van der Waals surface area contributed by atoms with Crippen LogP contribution in [0.4, 0.5) is 0 Å². The van der Waals surface area contributed by atoms with E-state index in [2.05, 4.69) is 44.8 Å². The van der Waals surface area contributed by atoms with Gasteiger partial charge in [-0.3, -0.25) is 9.69 Å². The van der Waals surface area contributed by atoms with Gasteiger partial charge in [-0.25, -0.2) is 0 Å². The molecule has 2 heterocycles. The second-order valence-electron chi connectivity index (χ2n) is 8.25. The highest BCUT2D eigenvalue weighted by molar-refractivity contribution is 5.76. The van der Waals surface area contributed by atoms with Crippen LogP contribution >= 0.6 is 0 Å². The van der Waals surface area contributed by atoms with E-state index in [0.29, 0.717) is 25.0 Å². The fourth-order valence-corrected chi connectivity index (χ4v) is 3.86. The second kappa shape index (κ2) is 8.63. The molecule has 0 saturated carbocycles. The lowest BCUT2D eigenvalue weighted by Crippen LogP contribution is -2.58. The molecule has 1 N–H and O–H groups in total. The van der Waals surface area contributed by atoms with E-state index < -0.39 is 0 Å². The molecule has 4 atom stereocenters. The standard InChI is InChI=1S/C19H36N2O3/c1-6-17-9-16(7-8-23-17)10-18(22)20-13-19(4,5)21-11-14(2)24-15(3)12-21/h14-17H,6-13H2,1-5H3,(H,20,22). The molecule has 0 aromatic carbocycles. The highest BCUT2D eigenvalue weighted by Gasteiger charge is 2.33. The summed E-state index contributed by atoms with van der Waals surface area (Å²) < 4.78 is 11.5. The predicted octanol–water partition coefficient (Wildman–Crippen LogP) is 2.59. The van der Waals surface area contributed by atoms with Gasteiger partial charge in [0.2, 0.25) is 5.91 Å². The number of nitrogens with one attached hydrogen (secondary N) is 1. The normalized spacial score (nSPS) is 32.5. The summed E-state index contributed by atoms with van der Waals surface area (Å²) in [4.78, 5) is 14.8. The Labute approximate surface area is 147 Å². The molecule has 0 aliphatic carbocycles. The van der Waals surface area contributed by atoms with Crippen molar-refractivity contribution in [2.24, 2.45) is 5.92 Å². The predicted molar refractivity (Wildman–Crippen MR) is 96.0 cm³/mol. The highest BCUT2D eigenvalue weighted by atomic mass is 16.5. The summed E-state index contributed by atoms with van der Waals surface area (Å²) in [7, 11) is 0. The number of nitrogens with zero attached hydrogens (tertiary/aromatic N) is 1. The van der Waals surface area contributed by atoms with Gasteiger partial charge < -0.3 is 14.8 Å². The maximum absolute atomic E-state index is 12.4. The van der Waals surface area contributed by atoms with Crippen LogP contribution in [0.15, 0.2) is 0 Å². The number of rotatable bonds is 6. The Bertz CT molecular complexity index is 403. The van der Waals surface area contributed by atoms with Crippen LogP contribution in [0.25, 0.3) is 0 Å². The molecular weight excluding hydrogens is 304 g/mol. The van der Waals surface area contributed by atoms with Crippen LogP contribution < -0.4 is 5.32 Å². The lowest BCUT2D eigenvalue weighted by atomic mass is 9.91. The summed E-state index contributed by atoms with van der Waals surface area (Å²) in [5.41, 5.74) is -0.0520. The largest absolute Gasteiger partial charge is 0.378 e. The van der Waals surface area contributed by atoms with Crippen LogP contribution in [-0.2, 0) is 14.3 Å². The average molecular weight is 341 g/mol. The minimum Gasteiger partial charge on any atom is -0.378 e. The maximum atomic E-state index is 12.4. The van der Waals surface area contributed by atoms with Crippen LogP contribution in [-0.4, -0.2) is 60.9 Å². The summed E-state index contributed by atoms with van der Waals surface area (Å²) in [6.07, 6.45) is 4.53. The van der Waals surface area contributed by atoms with Gasteiger partial charge >= 0.3 is 0 Å². The number of amides is 1. The van der Waals surface area contributed by atoms with Gasteiger partial charge in [-0.15, -0.1) is 0 Å². The Morgan fingerprint density at radius 3 is 2.54 bits per heavy atom. The van der Waals surface area contributed by atoms with Gasteiger partial charge in [-0.1, -0.05) is 6.92 Å². The Balaban J connectivity index is 1.77. The third-order valence-corrected chi connectivity index (χ3v) is 5.40. The molecule has 140 valence electrons. The molecule has 2 aliphatic heterocycles. The first-order chi connectivity index (χ1) is 11.3. The molecule has 1 amide bonds. The lowest BCUT2D eigenvalue weighted by Gasteiger charge is -2.45. The zero-order valence-corrected chi connectivity index (χ0v) is 16.1. The molecular formula is C19H36N2O3. The van der Waals surface area contributed by atoms with E-state index in [1.165, 1.54) is 0 Å². The van der Waals surface area contributed by atoms with Crippen LogP contribution in [0, 0.1) is 5.92 Å². The monoisotopic (exact) mass is 340 g/mol. The average Bonchev–Trinajstić information content (AvgIpc) is 2.52. The van der Waals surface area contributed by atoms with Gasteiger partial charge in [-0.2, -0.15) is 0 Å². The topological polar surface area (TPSA) is 50.8 Å². The Hall–Kier alpha value is -0.650. The van der Waals surface area contributed by atoms with Crippen LogP contribution in [0.2, 0.25) is 0 Å². The number of morpholine rings is 1. The third kappa shape index (κ3) is 5.71. The molecule has 5 nitrogen and oxygen atoms in total. The minimum absolute atomic E-state index is 0.0520. The summed E-state index contributed by atoms with van der Waals surface area (Å²) >= 11 is 0. The van der Waals surface area contributed by atoms with Gasteiger partial charge in [0.05, 0.1) is 18.3 Å². The molecule has 2 aliphatic rings. The third-order valence-electron chi connectivity index (χ3n) is 5.40.